The third-order valence-electron chi connectivity index (χ3n) is 1.37. The highest BCUT2D eigenvalue weighted by Crippen LogP contribution is 2.22. The molecule has 0 spiro atoms. The van der Waals surface area contributed by atoms with E-state index in [9.17, 15) is 8.78 Å². The predicted molar refractivity (Wildman–Crippen MR) is 40.3 cm³/mol. The molecule has 0 bridgehead atoms. The Hall–Kier alpha value is -1.32. The van der Waals surface area contributed by atoms with Crippen LogP contribution in [-0.4, -0.2) is 7.05 Å². The molecule has 0 radical (unpaired) electrons. The van der Waals surface area contributed by atoms with Crippen molar-refractivity contribution in [3.63, 3.8) is 0 Å². The number of nitrogens with two attached hydrogens (primary N) is 1. The largest absolute Gasteiger partial charge is 0.396 e. The van der Waals surface area contributed by atoms with Crippen LogP contribution in [0.15, 0.2) is 12.1 Å². The van der Waals surface area contributed by atoms with Gasteiger partial charge in [-0.3, -0.25) is 0 Å². The lowest BCUT2D eigenvalue weighted by molar-refractivity contribution is 0.593. The van der Waals surface area contributed by atoms with Crippen molar-refractivity contribution in [1.82, 2.24) is 0 Å². The molecule has 0 aliphatic rings. The van der Waals surface area contributed by atoms with Gasteiger partial charge in [0.05, 0.1) is 5.69 Å². The van der Waals surface area contributed by atoms with Crippen LogP contribution in [0.25, 0.3) is 0 Å². The molecule has 1 aromatic rings. The highest BCUT2D eigenvalue weighted by Gasteiger charge is 2.08. The highest BCUT2D eigenvalue weighted by molar-refractivity contribution is 5.56. The van der Waals surface area contributed by atoms with E-state index >= 15 is 0 Å². The van der Waals surface area contributed by atoms with Crippen molar-refractivity contribution in [3.05, 3.63) is 23.8 Å². The summed E-state index contributed by atoms with van der Waals surface area (Å²) in [4.78, 5) is 0. The molecule has 0 amide bonds. The van der Waals surface area contributed by atoms with Crippen molar-refractivity contribution >= 4 is 11.4 Å². The second-order valence-electron chi connectivity index (χ2n) is 2.08. The van der Waals surface area contributed by atoms with Crippen LogP contribution >= 0.6 is 0 Å². The summed E-state index contributed by atoms with van der Waals surface area (Å²) in [5.41, 5.74) is 4.93. The molecule has 11 heavy (non-hydrogen) atoms. The van der Waals surface area contributed by atoms with Gasteiger partial charge in [0.1, 0.15) is 11.5 Å². The molecule has 0 aromatic heterocycles. The van der Waals surface area contributed by atoms with E-state index in [1.54, 1.807) is 0 Å². The van der Waals surface area contributed by atoms with Crippen LogP contribution in [0.3, 0.4) is 0 Å². The van der Waals surface area contributed by atoms with Crippen molar-refractivity contribution in [2.45, 2.75) is 0 Å². The summed E-state index contributed by atoms with van der Waals surface area (Å²) in [7, 11) is 1.43. The molecular weight excluding hydrogens is 150 g/mol. The van der Waals surface area contributed by atoms with Crippen molar-refractivity contribution in [1.29, 1.82) is 0 Å². The zero-order chi connectivity index (χ0) is 8.43. The van der Waals surface area contributed by atoms with Crippen molar-refractivity contribution in [2.75, 3.05) is 18.1 Å². The molecule has 0 aliphatic carbocycles. The average Bonchev–Trinajstić information content (AvgIpc) is 1.99. The maximum atomic E-state index is 12.8. The third kappa shape index (κ3) is 1.24. The smallest absolute Gasteiger partial charge is 0.172 e. The number of anilines is 2. The fourth-order valence-electron chi connectivity index (χ4n) is 0.798. The molecule has 0 heterocycles. The minimum atomic E-state index is -0.743. The standard InChI is InChI=1S/C7H8F2N2/c1-11-7-4(8)2-3-5(10)6(7)9/h2-3,11H,10H2,1H3. The second kappa shape index (κ2) is 2.74. The Morgan fingerprint density at radius 2 is 2.00 bits per heavy atom. The van der Waals surface area contributed by atoms with Crippen LogP contribution < -0.4 is 11.1 Å². The van der Waals surface area contributed by atoms with Gasteiger partial charge in [0.25, 0.3) is 0 Å². The zero-order valence-corrected chi connectivity index (χ0v) is 5.99. The van der Waals surface area contributed by atoms with Crippen LogP contribution in [0.2, 0.25) is 0 Å². The first-order valence-electron chi connectivity index (χ1n) is 3.08. The molecule has 0 atom stereocenters. The number of hydrogen-bond acceptors (Lipinski definition) is 2. The maximum Gasteiger partial charge on any atom is 0.172 e. The number of hydrogen-bond donors (Lipinski definition) is 2. The van der Waals surface area contributed by atoms with Crippen LogP contribution in [0.4, 0.5) is 20.2 Å². The molecule has 60 valence electrons. The van der Waals surface area contributed by atoms with Gasteiger partial charge in [-0.15, -0.1) is 0 Å². The highest BCUT2D eigenvalue weighted by atomic mass is 19.1. The Bertz CT molecular complexity index is 273. The zero-order valence-electron chi connectivity index (χ0n) is 5.99. The fraction of sp³-hybridized carbons (Fsp3) is 0.143. The SMILES string of the molecule is CNc1c(F)ccc(N)c1F. The monoisotopic (exact) mass is 158 g/mol. The van der Waals surface area contributed by atoms with Gasteiger partial charge in [-0.25, -0.2) is 8.78 Å². The summed E-state index contributed by atoms with van der Waals surface area (Å²) in [6.07, 6.45) is 0. The van der Waals surface area contributed by atoms with Crippen molar-refractivity contribution in [3.8, 4) is 0 Å². The summed E-state index contributed by atoms with van der Waals surface area (Å²) in [5.74, 6) is -1.38. The average molecular weight is 158 g/mol. The summed E-state index contributed by atoms with van der Waals surface area (Å²) in [6, 6.07) is 2.30. The molecule has 0 unspecified atom stereocenters. The molecule has 0 saturated heterocycles. The van der Waals surface area contributed by atoms with E-state index < -0.39 is 11.6 Å². The number of benzene rings is 1. The Labute approximate surface area is 63.0 Å². The van der Waals surface area contributed by atoms with Gasteiger partial charge in [-0.2, -0.15) is 0 Å². The van der Waals surface area contributed by atoms with Gasteiger partial charge in [-0.05, 0) is 12.1 Å². The second-order valence-corrected chi connectivity index (χ2v) is 2.08. The topological polar surface area (TPSA) is 38.0 Å². The fourth-order valence-corrected chi connectivity index (χ4v) is 0.798. The molecule has 1 aromatic carbocycles. The summed E-state index contributed by atoms with van der Waals surface area (Å²) >= 11 is 0. The van der Waals surface area contributed by atoms with Crippen molar-refractivity contribution < 1.29 is 8.78 Å². The van der Waals surface area contributed by atoms with E-state index in [1.165, 1.54) is 13.1 Å². The van der Waals surface area contributed by atoms with E-state index in [-0.39, 0.29) is 11.4 Å². The molecule has 3 N–H and O–H groups in total. The lowest BCUT2D eigenvalue weighted by Crippen LogP contribution is -2.00. The summed E-state index contributed by atoms with van der Waals surface area (Å²) < 4.78 is 25.5. The first-order valence-corrected chi connectivity index (χ1v) is 3.08. The Kier molecular flexibility index (Phi) is 1.94. The van der Waals surface area contributed by atoms with Gasteiger partial charge in [0, 0.05) is 7.05 Å². The lowest BCUT2D eigenvalue weighted by Gasteiger charge is -2.04. The quantitative estimate of drug-likeness (QED) is 0.609. The van der Waals surface area contributed by atoms with Crippen LogP contribution in [-0.2, 0) is 0 Å². The van der Waals surface area contributed by atoms with E-state index in [2.05, 4.69) is 5.32 Å². The number of nitrogens with one attached hydrogen (secondary N) is 1. The molecule has 0 aliphatic heterocycles. The van der Waals surface area contributed by atoms with Gasteiger partial charge in [-0.1, -0.05) is 0 Å². The Balaban J connectivity index is 3.29. The van der Waals surface area contributed by atoms with Gasteiger partial charge in [0.15, 0.2) is 5.82 Å². The minimum absolute atomic E-state index is 0.0595. The third-order valence-corrected chi connectivity index (χ3v) is 1.37. The van der Waals surface area contributed by atoms with E-state index in [4.69, 9.17) is 5.73 Å². The summed E-state index contributed by atoms with van der Waals surface area (Å²) in [6.45, 7) is 0. The molecule has 4 heteroatoms. The predicted octanol–water partition coefficient (Wildman–Crippen LogP) is 1.59. The minimum Gasteiger partial charge on any atom is -0.396 e. The number of halogens is 2. The van der Waals surface area contributed by atoms with Crippen LogP contribution in [0.5, 0.6) is 0 Å². The normalized spacial score (nSPS) is 9.73. The maximum absolute atomic E-state index is 12.8. The molecule has 0 fully saturated rings. The lowest BCUT2D eigenvalue weighted by atomic mass is 10.2. The Morgan fingerprint density at radius 1 is 1.36 bits per heavy atom. The van der Waals surface area contributed by atoms with Gasteiger partial charge >= 0.3 is 0 Å². The van der Waals surface area contributed by atoms with E-state index in [0.717, 1.165) is 6.07 Å². The first-order chi connectivity index (χ1) is 5.16. The number of nitrogen functional groups attached to an aromatic ring is 1. The van der Waals surface area contributed by atoms with Crippen LogP contribution in [0.1, 0.15) is 0 Å². The Morgan fingerprint density at radius 3 is 2.45 bits per heavy atom. The number of rotatable bonds is 1. The van der Waals surface area contributed by atoms with E-state index in [0.29, 0.717) is 0 Å². The van der Waals surface area contributed by atoms with Crippen LogP contribution in [0, 0.1) is 11.6 Å². The molecule has 2 nitrogen and oxygen atoms in total. The van der Waals surface area contributed by atoms with Gasteiger partial charge < -0.3 is 11.1 Å². The first kappa shape index (κ1) is 7.78. The van der Waals surface area contributed by atoms with Crippen molar-refractivity contribution in [2.24, 2.45) is 0 Å². The van der Waals surface area contributed by atoms with Gasteiger partial charge in [0.2, 0.25) is 0 Å². The van der Waals surface area contributed by atoms with E-state index in [1.807, 2.05) is 0 Å². The molecule has 0 saturated carbocycles. The summed E-state index contributed by atoms with van der Waals surface area (Å²) in [5, 5.41) is 2.37. The molecular formula is C7H8F2N2. The molecule has 1 rings (SSSR count).